The molecule has 3 heterocycles. The van der Waals surface area contributed by atoms with E-state index in [0.717, 1.165) is 19.6 Å². The van der Waals surface area contributed by atoms with Crippen molar-refractivity contribution in [3.63, 3.8) is 0 Å². The number of carbonyl (C=O) groups is 1. The Bertz CT molecular complexity index is 337. The van der Waals surface area contributed by atoms with Gasteiger partial charge in [0.2, 0.25) is 5.91 Å². The fourth-order valence-electron chi connectivity index (χ4n) is 3.67. The molecule has 5 nitrogen and oxygen atoms in total. The number of piperidine rings is 1. The van der Waals surface area contributed by atoms with Crippen molar-refractivity contribution < 1.29 is 9.53 Å². The Morgan fingerprint density at radius 3 is 2.95 bits per heavy atom. The van der Waals surface area contributed by atoms with E-state index in [-0.39, 0.29) is 12.0 Å². The van der Waals surface area contributed by atoms with Gasteiger partial charge in [-0.15, -0.1) is 0 Å². The van der Waals surface area contributed by atoms with Crippen LogP contribution in [-0.4, -0.2) is 74.2 Å². The Morgan fingerprint density at radius 1 is 1.21 bits per heavy atom. The fourth-order valence-corrected chi connectivity index (χ4v) is 3.67. The quantitative estimate of drug-likeness (QED) is 0.760. The number of hydrogen-bond donors (Lipinski definition) is 1. The predicted octanol–water partition coefficient (Wildman–Crippen LogP) is -0.0825. The van der Waals surface area contributed by atoms with Crippen LogP contribution in [0.3, 0.4) is 0 Å². The van der Waals surface area contributed by atoms with Crippen molar-refractivity contribution in [3.8, 4) is 0 Å². The number of likely N-dealkylation sites (N-methyl/N-ethyl adjacent to an activating group) is 1. The number of nitrogens with zero attached hydrogens (tertiary/aromatic N) is 2. The van der Waals surface area contributed by atoms with E-state index < -0.39 is 0 Å². The van der Waals surface area contributed by atoms with E-state index in [1.807, 2.05) is 7.05 Å². The Hall–Kier alpha value is -0.650. The second kappa shape index (κ2) is 5.77. The first kappa shape index (κ1) is 13.3. The molecule has 0 bridgehead atoms. The van der Waals surface area contributed by atoms with Crippen LogP contribution in [0.2, 0.25) is 0 Å². The summed E-state index contributed by atoms with van der Waals surface area (Å²) in [6, 6.07) is 0.790. The Kier molecular flexibility index (Phi) is 4.05. The Balaban J connectivity index is 1.61. The standard InChI is InChI=1S/C14H25N3O2/c1-15-13-10-19-9-12(13)14(18)17-7-6-16-5-3-2-4-11(16)8-17/h11-13,15H,2-10H2,1H3. The summed E-state index contributed by atoms with van der Waals surface area (Å²) in [5.41, 5.74) is 0. The number of fused-ring (bicyclic) bond motifs is 1. The van der Waals surface area contributed by atoms with Gasteiger partial charge in [-0.05, 0) is 26.4 Å². The van der Waals surface area contributed by atoms with Gasteiger partial charge >= 0.3 is 0 Å². The highest BCUT2D eigenvalue weighted by atomic mass is 16.5. The Labute approximate surface area is 115 Å². The lowest BCUT2D eigenvalue weighted by molar-refractivity contribution is -0.139. The van der Waals surface area contributed by atoms with Gasteiger partial charge in [-0.2, -0.15) is 0 Å². The van der Waals surface area contributed by atoms with E-state index in [9.17, 15) is 4.79 Å². The van der Waals surface area contributed by atoms with E-state index in [1.165, 1.54) is 25.8 Å². The zero-order valence-corrected chi connectivity index (χ0v) is 11.8. The lowest BCUT2D eigenvalue weighted by Gasteiger charge is -2.44. The molecule has 19 heavy (non-hydrogen) atoms. The molecule has 0 aromatic carbocycles. The van der Waals surface area contributed by atoms with Crippen molar-refractivity contribution in [2.45, 2.75) is 31.3 Å². The molecule has 3 rings (SSSR count). The predicted molar refractivity (Wildman–Crippen MR) is 72.9 cm³/mol. The SMILES string of the molecule is CNC1COCC1C(=O)N1CCN2CCCCC2C1. The minimum atomic E-state index is 0.0140. The minimum absolute atomic E-state index is 0.0140. The van der Waals surface area contributed by atoms with Gasteiger partial charge in [0.25, 0.3) is 0 Å². The van der Waals surface area contributed by atoms with E-state index in [1.54, 1.807) is 0 Å². The summed E-state index contributed by atoms with van der Waals surface area (Å²) in [5, 5.41) is 3.21. The number of ether oxygens (including phenoxy) is 1. The summed E-state index contributed by atoms with van der Waals surface area (Å²) in [6.07, 6.45) is 3.89. The van der Waals surface area contributed by atoms with Gasteiger partial charge < -0.3 is 15.0 Å². The average molecular weight is 267 g/mol. The molecule has 0 aliphatic carbocycles. The second-order valence-corrected chi connectivity index (χ2v) is 6.01. The number of hydrogen-bond acceptors (Lipinski definition) is 4. The average Bonchev–Trinajstić information content (AvgIpc) is 2.94. The number of carbonyl (C=O) groups excluding carboxylic acids is 1. The van der Waals surface area contributed by atoms with Crippen LogP contribution in [-0.2, 0) is 9.53 Å². The first-order valence-corrected chi connectivity index (χ1v) is 7.57. The third kappa shape index (κ3) is 2.64. The molecule has 0 radical (unpaired) electrons. The molecule has 0 aromatic heterocycles. The molecular formula is C14H25N3O2. The molecule has 0 saturated carbocycles. The number of nitrogens with one attached hydrogen (secondary N) is 1. The van der Waals surface area contributed by atoms with Gasteiger partial charge in [-0.3, -0.25) is 9.69 Å². The summed E-state index contributed by atoms with van der Waals surface area (Å²) < 4.78 is 5.46. The molecular weight excluding hydrogens is 242 g/mol. The van der Waals surface area contributed by atoms with Crippen molar-refractivity contribution in [2.75, 3.05) is 46.4 Å². The third-order valence-corrected chi connectivity index (χ3v) is 4.92. The zero-order valence-electron chi connectivity index (χ0n) is 11.8. The fraction of sp³-hybridized carbons (Fsp3) is 0.929. The maximum Gasteiger partial charge on any atom is 0.229 e. The molecule has 3 aliphatic heterocycles. The lowest BCUT2D eigenvalue weighted by Crippen LogP contribution is -2.58. The van der Waals surface area contributed by atoms with Crippen LogP contribution in [0.15, 0.2) is 0 Å². The third-order valence-electron chi connectivity index (χ3n) is 4.92. The molecule has 1 N–H and O–H groups in total. The van der Waals surface area contributed by atoms with E-state index in [2.05, 4.69) is 15.1 Å². The summed E-state index contributed by atoms with van der Waals surface area (Å²) in [7, 11) is 1.92. The van der Waals surface area contributed by atoms with Gasteiger partial charge in [-0.1, -0.05) is 6.42 Å². The van der Waals surface area contributed by atoms with Crippen molar-refractivity contribution in [3.05, 3.63) is 0 Å². The first-order chi connectivity index (χ1) is 9.29. The summed E-state index contributed by atoms with van der Waals surface area (Å²) in [4.78, 5) is 17.3. The van der Waals surface area contributed by atoms with Gasteiger partial charge in [0.15, 0.2) is 0 Å². The number of piperazine rings is 1. The van der Waals surface area contributed by atoms with Crippen molar-refractivity contribution >= 4 is 5.91 Å². The molecule has 1 amide bonds. The normalized spacial score (nSPS) is 36.3. The Morgan fingerprint density at radius 2 is 2.11 bits per heavy atom. The highest BCUT2D eigenvalue weighted by molar-refractivity contribution is 5.80. The molecule has 3 saturated heterocycles. The van der Waals surface area contributed by atoms with E-state index in [0.29, 0.717) is 25.2 Å². The molecule has 3 aliphatic rings. The molecule has 0 aromatic rings. The largest absolute Gasteiger partial charge is 0.379 e. The zero-order chi connectivity index (χ0) is 13.2. The number of amides is 1. The van der Waals surface area contributed by atoms with E-state index in [4.69, 9.17) is 4.74 Å². The van der Waals surface area contributed by atoms with Crippen LogP contribution in [0.4, 0.5) is 0 Å². The highest BCUT2D eigenvalue weighted by Gasteiger charge is 2.38. The molecule has 3 unspecified atom stereocenters. The van der Waals surface area contributed by atoms with Crippen molar-refractivity contribution in [1.82, 2.24) is 15.1 Å². The lowest BCUT2D eigenvalue weighted by atomic mass is 9.97. The molecule has 0 spiro atoms. The summed E-state index contributed by atoms with van der Waals surface area (Å²) >= 11 is 0. The van der Waals surface area contributed by atoms with Crippen LogP contribution >= 0.6 is 0 Å². The number of rotatable bonds is 2. The van der Waals surface area contributed by atoms with Gasteiger partial charge in [-0.25, -0.2) is 0 Å². The molecule has 3 atom stereocenters. The van der Waals surface area contributed by atoms with Gasteiger partial charge in [0.1, 0.15) is 0 Å². The highest BCUT2D eigenvalue weighted by Crippen LogP contribution is 2.24. The maximum absolute atomic E-state index is 12.6. The summed E-state index contributed by atoms with van der Waals surface area (Å²) in [6.45, 7) is 5.33. The molecule has 108 valence electrons. The summed E-state index contributed by atoms with van der Waals surface area (Å²) in [5.74, 6) is 0.308. The van der Waals surface area contributed by atoms with Crippen LogP contribution in [0.25, 0.3) is 0 Å². The van der Waals surface area contributed by atoms with Crippen molar-refractivity contribution in [1.29, 1.82) is 0 Å². The topological polar surface area (TPSA) is 44.8 Å². The maximum atomic E-state index is 12.6. The smallest absolute Gasteiger partial charge is 0.229 e. The monoisotopic (exact) mass is 267 g/mol. The van der Waals surface area contributed by atoms with Crippen LogP contribution in [0.5, 0.6) is 0 Å². The van der Waals surface area contributed by atoms with Gasteiger partial charge in [0, 0.05) is 31.7 Å². The van der Waals surface area contributed by atoms with Gasteiger partial charge in [0.05, 0.1) is 19.1 Å². The molecule has 3 fully saturated rings. The van der Waals surface area contributed by atoms with Crippen LogP contribution in [0, 0.1) is 5.92 Å². The van der Waals surface area contributed by atoms with E-state index >= 15 is 0 Å². The van der Waals surface area contributed by atoms with Crippen molar-refractivity contribution in [2.24, 2.45) is 5.92 Å². The second-order valence-electron chi connectivity index (χ2n) is 6.01. The first-order valence-electron chi connectivity index (χ1n) is 7.57. The molecule has 5 heteroatoms. The van der Waals surface area contributed by atoms with Crippen LogP contribution < -0.4 is 5.32 Å². The van der Waals surface area contributed by atoms with Crippen LogP contribution in [0.1, 0.15) is 19.3 Å². The minimum Gasteiger partial charge on any atom is -0.379 e.